The number of hydrogen-bond donors (Lipinski definition) is 0. The minimum Gasteiger partial charge on any atom is -0.457 e. The molecule has 0 N–H and O–H groups in total. The van der Waals surface area contributed by atoms with Crippen molar-refractivity contribution in [2.24, 2.45) is 0 Å². The van der Waals surface area contributed by atoms with Crippen molar-refractivity contribution >= 4 is 107 Å². The largest absolute Gasteiger partial charge is 0.457 e. The Morgan fingerprint density at radius 1 is 0.396 bits per heavy atom. The van der Waals surface area contributed by atoms with Crippen LogP contribution in [0, 0.1) is 0 Å². The van der Waals surface area contributed by atoms with E-state index >= 15 is 0 Å². The van der Waals surface area contributed by atoms with Crippen LogP contribution in [0.1, 0.15) is 0 Å². The minimum atomic E-state index is 0.761. The molecular formula is C46H26N4OS2. The minimum absolute atomic E-state index is 0.761. The highest BCUT2D eigenvalue weighted by molar-refractivity contribution is 7.27. The van der Waals surface area contributed by atoms with Gasteiger partial charge in [-0.15, -0.1) is 22.7 Å². The summed E-state index contributed by atoms with van der Waals surface area (Å²) in [6.45, 7) is 0. The van der Waals surface area contributed by atoms with Crippen LogP contribution in [0.4, 0.5) is 0 Å². The molecule has 0 saturated heterocycles. The molecule has 5 nitrogen and oxygen atoms in total. The summed E-state index contributed by atoms with van der Waals surface area (Å²) < 4.78 is 16.5. The maximum absolute atomic E-state index is 6.78. The van der Waals surface area contributed by atoms with Crippen molar-refractivity contribution in [3.8, 4) is 23.1 Å². The number of aromatic nitrogens is 4. The van der Waals surface area contributed by atoms with E-state index in [0.717, 1.165) is 44.9 Å². The van der Waals surface area contributed by atoms with Gasteiger partial charge in [0.1, 0.15) is 23.1 Å². The predicted octanol–water partition coefficient (Wildman–Crippen LogP) is 13.2. The van der Waals surface area contributed by atoms with Crippen LogP contribution in [0.15, 0.2) is 158 Å². The zero-order chi connectivity index (χ0) is 34.6. The molecule has 0 atom stereocenters. The van der Waals surface area contributed by atoms with Crippen LogP contribution >= 0.6 is 22.7 Å². The molecule has 53 heavy (non-hydrogen) atoms. The lowest BCUT2D eigenvalue weighted by atomic mass is 10.1. The highest BCUT2D eigenvalue weighted by Crippen LogP contribution is 2.45. The molecule has 7 heteroatoms. The zero-order valence-electron chi connectivity index (χ0n) is 28.0. The molecule has 0 bridgehead atoms. The van der Waals surface area contributed by atoms with Gasteiger partial charge in [0.15, 0.2) is 0 Å². The highest BCUT2D eigenvalue weighted by Gasteiger charge is 2.21. The van der Waals surface area contributed by atoms with E-state index in [1.807, 2.05) is 59.3 Å². The number of nitrogens with zero attached hydrogens (tertiary/aromatic N) is 4. The van der Waals surface area contributed by atoms with Gasteiger partial charge in [0.2, 0.25) is 0 Å². The second-order valence-electron chi connectivity index (χ2n) is 13.4. The van der Waals surface area contributed by atoms with Crippen LogP contribution in [0.2, 0.25) is 0 Å². The van der Waals surface area contributed by atoms with E-state index in [-0.39, 0.29) is 0 Å². The molecule has 6 aromatic carbocycles. The van der Waals surface area contributed by atoms with Crippen molar-refractivity contribution < 1.29 is 4.74 Å². The summed E-state index contributed by atoms with van der Waals surface area (Å²) in [4.78, 5) is 9.69. The first kappa shape index (κ1) is 29.1. The van der Waals surface area contributed by atoms with Gasteiger partial charge in [-0.1, -0.05) is 72.8 Å². The Morgan fingerprint density at radius 2 is 0.830 bits per heavy atom. The van der Waals surface area contributed by atoms with Crippen molar-refractivity contribution in [3.63, 3.8) is 0 Å². The predicted molar refractivity (Wildman–Crippen MR) is 223 cm³/mol. The smallest absolute Gasteiger partial charge is 0.137 e. The maximum atomic E-state index is 6.78. The van der Waals surface area contributed by atoms with E-state index in [4.69, 9.17) is 14.7 Å². The molecule has 0 amide bonds. The molecule has 6 aromatic heterocycles. The van der Waals surface area contributed by atoms with E-state index < -0.39 is 0 Å². The SMILES string of the molecule is c1ccc(-n2c3cc(Oc4ccc5c6ccc7c8ccccc8sc7c6n(-c6ccccn6)c5c4)ccc3c3ccc4c5ccccc5sc4c32)nc1. The molecule has 12 aromatic rings. The highest BCUT2D eigenvalue weighted by atomic mass is 32.1. The van der Waals surface area contributed by atoms with Crippen molar-refractivity contribution in [1.29, 1.82) is 0 Å². The first-order valence-electron chi connectivity index (χ1n) is 17.6. The van der Waals surface area contributed by atoms with Crippen LogP contribution in [-0.4, -0.2) is 19.1 Å². The van der Waals surface area contributed by atoms with Crippen LogP contribution in [0.5, 0.6) is 11.5 Å². The Kier molecular flexibility index (Phi) is 6.03. The molecule has 0 aliphatic carbocycles. The lowest BCUT2D eigenvalue weighted by Crippen LogP contribution is -1.97. The Bertz CT molecular complexity index is 3200. The second-order valence-corrected chi connectivity index (χ2v) is 15.5. The zero-order valence-corrected chi connectivity index (χ0v) is 29.7. The lowest BCUT2D eigenvalue weighted by Gasteiger charge is -2.10. The second kappa shape index (κ2) is 11.0. The van der Waals surface area contributed by atoms with E-state index in [0.29, 0.717) is 0 Å². The fourth-order valence-electron chi connectivity index (χ4n) is 8.23. The van der Waals surface area contributed by atoms with Gasteiger partial charge in [-0.05, 0) is 60.7 Å². The number of thiophene rings is 2. The summed E-state index contributed by atoms with van der Waals surface area (Å²) >= 11 is 3.68. The molecule has 248 valence electrons. The monoisotopic (exact) mass is 714 g/mol. The Labute approximate surface area is 310 Å². The van der Waals surface area contributed by atoms with Gasteiger partial charge in [0.05, 0.1) is 31.5 Å². The van der Waals surface area contributed by atoms with Crippen molar-refractivity contribution in [1.82, 2.24) is 19.1 Å². The summed E-state index contributed by atoms with van der Waals surface area (Å²) in [6, 6.07) is 51.4. The average molecular weight is 715 g/mol. The van der Waals surface area contributed by atoms with Gasteiger partial charge >= 0.3 is 0 Å². The van der Waals surface area contributed by atoms with Crippen molar-refractivity contribution in [3.05, 3.63) is 158 Å². The number of hydrogen-bond acceptors (Lipinski definition) is 5. The van der Waals surface area contributed by atoms with Gasteiger partial charge < -0.3 is 4.74 Å². The molecule has 0 saturated carbocycles. The van der Waals surface area contributed by atoms with Crippen LogP contribution in [-0.2, 0) is 0 Å². The van der Waals surface area contributed by atoms with Gasteiger partial charge in [-0.25, -0.2) is 9.97 Å². The van der Waals surface area contributed by atoms with E-state index in [1.54, 1.807) is 0 Å². The van der Waals surface area contributed by atoms with E-state index in [9.17, 15) is 0 Å². The third-order valence-electron chi connectivity index (χ3n) is 10.5. The van der Waals surface area contributed by atoms with Gasteiger partial charge in [-0.3, -0.25) is 9.13 Å². The third-order valence-corrected chi connectivity index (χ3v) is 12.9. The van der Waals surface area contributed by atoms with Crippen molar-refractivity contribution in [2.45, 2.75) is 0 Å². The summed E-state index contributed by atoms with van der Waals surface area (Å²) in [5.74, 6) is 3.28. The first-order chi connectivity index (χ1) is 26.3. The molecule has 0 fully saturated rings. The topological polar surface area (TPSA) is 44.9 Å². The number of pyridine rings is 2. The molecule has 0 aliphatic heterocycles. The lowest BCUT2D eigenvalue weighted by molar-refractivity contribution is 0.484. The molecule has 0 aliphatic rings. The number of ether oxygens (including phenoxy) is 1. The fraction of sp³-hybridized carbons (Fsp3) is 0. The summed E-state index contributed by atoms with van der Waals surface area (Å²) in [7, 11) is 0. The summed E-state index contributed by atoms with van der Waals surface area (Å²) in [5, 5.41) is 9.81. The number of fused-ring (bicyclic) bond motifs is 14. The quantitative estimate of drug-likeness (QED) is 0.182. The number of benzene rings is 6. The van der Waals surface area contributed by atoms with Gasteiger partial charge in [0.25, 0.3) is 0 Å². The van der Waals surface area contributed by atoms with E-state index in [1.165, 1.54) is 62.2 Å². The first-order valence-corrected chi connectivity index (χ1v) is 19.2. The fourth-order valence-corrected chi connectivity index (χ4v) is 10.7. The standard InChI is InChI=1S/C46H26N4OS2/c1-3-11-39-31(9-1)35-21-19-33-29-17-15-27(25-37(29)49(43(33)45(35)52-39)41-13-5-7-23-47-41)51-28-16-18-30-34-20-22-36-32-10-2-4-12-40(32)53-46(36)44(34)50(38(30)26-28)42-14-6-8-24-48-42/h1-26H. The molecule has 0 radical (unpaired) electrons. The Hall–Kier alpha value is -6.54. The Balaban J connectivity index is 1.07. The average Bonchev–Trinajstić information content (AvgIpc) is 3.96. The van der Waals surface area contributed by atoms with Crippen LogP contribution < -0.4 is 4.74 Å². The van der Waals surface area contributed by atoms with Crippen LogP contribution in [0.25, 0.3) is 95.6 Å². The van der Waals surface area contributed by atoms with Gasteiger partial charge in [0, 0.05) is 77.0 Å². The molecule has 0 spiro atoms. The summed E-state index contributed by atoms with van der Waals surface area (Å²) in [5.41, 5.74) is 4.45. The van der Waals surface area contributed by atoms with E-state index in [2.05, 4.69) is 130 Å². The molecular weight excluding hydrogens is 689 g/mol. The maximum Gasteiger partial charge on any atom is 0.137 e. The van der Waals surface area contributed by atoms with Crippen molar-refractivity contribution in [2.75, 3.05) is 0 Å². The molecule has 0 unspecified atom stereocenters. The normalized spacial score (nSPS) is 12.2. The van der Waals surface area contributed by atoms with Gasteiger partial charge in [-0.2, -0.15) is 0 Å². The number of rotatable bonds is 4. The Morgan fingerprint density at radius 3 is 1.30 bits per heavy atom. The van der Waals surface area contributed by atoms with Crippen LogP contribution in [0.3, 0.4) is 0 Å². The third kappa shape index (κ3) is 4.17. The molecule has 12 rings (SSSR count). The molecule has 6 heterocycles. The summed E-state index contributed by atoms with van der Waals surface area (Å²) in [6.07, 6.45) is 3.72.